The van der Waals surface area contributed by atoms with E-state index < -0.39 is 4.92 Å². The second-order valence-electron chi connectivity index (χ2n) is 4.39. The molecule has 0 amide bonds. The van der Waals surface area contributed by atoms with Crippen molar-refractivity contribution in [2.75, 3.05) is 7.11 Å². The highest BCUT2D eigenvalue weighted by Gasteiger charge is 2.15. The zero-order valence-electron chi connectivity index (χ0n) is 12.6. The van der Waals surface area contributed by atoms with E-state index in [0.717, 1.165) is 17.8 Å². The molecule has 0 aliphatic heterocycles. The van der Waals surface area contributed by atoms with E-state index in [2.05, 4.69) is 15.2 Å². The maximum atomic E-state index is 10.8. The normalized spacial score (nSPS) is 10.3. The quantitative estimate of drug-likeness (QED) is 0.597. The van der Waals surface area contributed by atoms with E-state index >= 15 is 0 Å². The zero-order valence-corrected chi connectivity index (χ0v) is 12.6. The topological polar surface area (TPSA) is 100 Å². The molecule has 8 nitrogen and oxygen atoms in total. The summed E-state index contributed by atoms with van der Waals surface area (Å²) < 4.78 is 10.6. The molecule has 0 saturated carbocycles. The van der Waals surface area contributed by atoms with Gasteiger partial charge in [0.15, 0.2) is 11.5 Å². The smallest absolute Gasteiger partial charge is 0.341 e. The van der Waals surface area contributed by atoms with Crippen LogP contribution in [0.3, 0.4) is 0 Å². The molecule has 0 N–H and O–H groups in total. The average Bonchev–Trinajstić information content (AvgIpc) is 2.54. The molecule has 0 spiro atoms. The van der Waals surface area contributed by atoms with Crippen LogP contribution in [0, 0.1) is 10.1 Å². The lowest BCUT2D eigenvalue weighted by atomic mass is 10.2. The van der Waals surface area contributed by atoms with Crippen molar-refractivity contribution in [3.8, 4) is 17.5 Å². The van der Waals surface area contributed by atoms with Crippen LogP contribution in [0.1, 0.15) is 25.2 Å². The van der Waals surface area contributed by atoms with Gasteiger partial charge in [-0.1, -0.05) is 18.9 Å². The highest BCUT2D eigenvalue weighted by atomic mass is 16.6. The van der Waals surface area contributed by atoms with Crippen molar-refractivity contribution in [3.05, 3.63) is 39.7 Å². The fourth-order valence-corrected chi connectivity index (χ4v) is 1.92. The SMILES string of the molecule is CCc1nnc(Oc2ccc([N+](=O)[O-])cc2OC)nc1CC. The van der Waals surface area contributed by atoms with Crippen molar-refractivity contribution in [1.29, 1.82) is 0 Å². The molecule has 0 unspecified atom stereocenters. The van der Waals surface area contributed by atoms with Crippen LogP contribution in [0.4, 0.5) is 5.69 Å². The summed E-state index contributed by atoms with van der Waals surface area (Å²) in [5, 5.41) is 18.8. The number of hydrogen-bond acceptors (Lipinski definition) is 7. The van der Waals surface area contributed by atoms with Gasteiger partial charge in [0.25, 0.3) is 5.69 Å². The molecule has 0 saturated heterocycles. The first-order chi connectivity index (χ1) is 10.6. The van der Waals surface area contributed by atoms with E-state index in [4.69, 9.17) is 9.47 Å². The largest absolute Gasteiger partial charge is 0.493 e. The summed E-state index contributed by atoms with van der Waals surface area (Å²) in [6, 6.07) is 4.14. The molecule has 0 bridgehead atoms. The Morgan fingerprint density at radius 1 is 1.14 bits per heavy atom. The van der Waals surface area contributed by atoms with Gasteiger partial charge in [-0.15, -0.1) is 5.10 Å². The van der Waals surface area contributed by atoms with E-state index in [1.54, 1.807) is 0 Å². The number of ether oxygens (including phenoxy) is 2. The standard InChI is InChI=1S/C14H16N4O4/c1-4-10-11(5-2)16-17-14(15-10)22-12-7-6-9(18(19)20)8-13(12)21-3/h6-8H,4-5H2,1-3H3. The van der Waals surface area contributed by atoms with Crippen LogP contribution >= 0.6 is 0 Å². The molecule has 0 fully saturated rings. The maximum absolute atomic E-state index is 10.8. The van der Waals surface area contributed by atoms with Gasteiger partial charge in [-0.3, -0.25) is 10.1 Å². The molecule has 1 aromatic carbocycles. The van der Waals surface area contributed by atoms with E-state index in [1.165, 1.54) is 25.3 Å². The number of nitro benzene ring substituents is 1. The molecule has 8 heteroatoms. The third-order valence-corrected chi connectivity index (χ3v) is 3.05. The Morgan fingerprint density at radius 3 is 2.45 bits per heavy atom. The summed E-state index contributed by atoms with van der Waals surface area (Å²) in [5.74, 6) is 0.525. The lowest BCUT2D eigenvalue weighted by Crippen LogP contribution is -2.04. The molecule has 0 aliphatic carbocycles. The third kappa shape index (κ3) is 3.27. The third-order valence-electron chi connectivity index (χ3n) is 3.05. The molecule has 22 heavy (non-hydrogen) atoms. The van der Waals surface area contributed by atoms with E-state index in [1.807, 2.05) is 13.8 Å². The van der Waals surface area contributed by atoms with E-state index in [-0.39, 0.29) is 17.4 Å². The minimum Gasteiger partial charge on any atom is -0.493 e. The summed E-state index contributed by atoms with van der Waals surface area (Å²) >= 11 is 0. The Balaban J connectivity index is 2.32. The predicted molar refractivity (Wildman–Crippen MR) is 78.3 cm³/mol. The van der Waals surface area contributed by atoms with Crippen LogP contribution in [-0.4, -0.2) is 27.2 Å². The van der Waals surface area contributed by atoms with Gasteiger partial charge < -0.3 is 9.47 Å². The van der Waals surface area contributed by atoms with Crippen molar-refractivity contribution in [2.24, 2.45) is 0 Å². The Labute approximate surface area is 127 Å². The summed E-state index contributed by atoms with van der Waals surface area (Å²) in [6.45, 7) is 3.95. The number of hydrogen-bond donors (Lipinski definition) is 0. The number of aryl methyl sites for hydroxylation is 2. The van der Waals surface area contributed by atoms with Gasteiger partial charge in [-0.2, -0.15) is 4.98 Å². The van der Waals surface area contributed by atoms with Crippen molar-refractivity contribution in [1.82, 2.24) is 15.2 Å². The molecular formula is C14H16N4O4. The lowest BCUT2D eigenvalue weighted by Gasteiger charge is -2.09. The fraction of sp³-hybridized carbons (Fsp3) is 0.357. The highest BCUT2D eigenvalue weighted by molar-refractivity contribution is 5.49. The molecule has 1 heterocycles. The van der Waals surface area contributed by atoms with Gasteiger partial charge in [0.2, 0.25) is 0 Å². The van der Waals surface area contributed by atoms with E-state index in [0.29, 0.717) is 12.2 Å². The zero-order chi connectivity index (χ0) is 16.1. The first-order valence-corrected chi connectivity index (χ1v) is 6.81. The average molecular weight is 304 g/mol. The Morgan fingerprint density at radius 2 is 1.86 bits per heavy atom. The minimum atomic E-state index is -0.504. The number of non-ortho nitro benzene ring substituents is 1. The second-order valence-corrected chi connectivity index (χ2v) is 4.39. The van der Waals surface area contributed by atoms with Crippen LogP contribution in [0.25, 0.3) is 0 Å². The monoisotopic (exact) mass is 304 g/mol. The Bertz CT molecular complexity index is 691. The van der Waals surface area contributed by atoms with Crippen molar-refractivity contribution >= 4 is 5.69 Å². The number of rotatable bonds is 6. The lowest BCUT2D eigenvalue weighted by molar-refractivity contribution is -0.384. The first-order valence-electron chi connectivity index (χ1n) is 6.81. The van der Waals surface area contributed by atoms with Crippen LogP contribution in [0.2, 0.25) is 0 Å². The van der Waals surface area contributed by atoms with Crippen LogP contribution in [0.15, 0.2) is 18.2 Å². The molecular weight excluding hydrogens is 288 g/mol. The molecule has 0 aliphatic rings. The predicted octanol–water partition coefficient (Wildman–Crippen LogP) is 2.71. The van der Waals surface area contributed by atoms with Gasteiger partial charge in [0, 0.05) is 6.07 Å². The Kier molecular flexibility index (Phi) is 4.82. The molecule has 2 rings (SSSR count). The molecule has 116 valence electrons. The van der Waals surface area contributed by atoms with Crippen LogP contribution in [-0.2, 0) is 12.8 Å². The number of methoxy groups -OCH3 is 1. The van der Waals surface area contributed by atoms with Gasteiger partial charge in [-0.05, 0) is 18.9 Å². The molecule has 0 radical (unpaired) electrons. The van der Waals surface area contributed by atoms with E-state index in [9.17, 15) is 10.1 Å². The minimum absolute atomic E-state index is 0.0844. The number of nitrogens with zero attached hydrogens (tertiary/aromatic N) is 4. The summed E-state index contributed by atoms with van der Waals surface area (Å²) in [7, 11) is 1.41. The van der Waals surface area contributed by atoms with Crippen LogP contribution < -0.4 is 9.47 Å². The summed E-state index contributed by atoms with van der Waals surface area (Å²) in [6.07, 6.45) is 1.46. The first kappa shape index (κ1) is 15.6. The van der Waals surface area contributed by atoms with Crippen molar-refractivity contribution in [3.63, 3.8) is 0 Å². The van der Waals surface area contributed by atoms with Gasteiger partial charge in [0.1, 0.15) is 0 Å². The molecule has 1 aromatic heterocycles. The number of aromatic nitrogens is 3. The van der Waals surface area contributed by atoms with Gasteiger partial charge in [0.05, 0.1) is 29.5 Å². The van der Waals surface area contributed by atoms with Crippen LogP contribution in [0.5, 0.6) is 17.5 Å². The second kappa shape index (κ2) is 6.79. The Hall–Kier alpha value is -2.77. The number of benzene rings is 1. The van der Waals surface area contributed by atoms with Crippen molar-refractivity contribution < 1.29 is 14.4 Å². The highest BCUT2D eigenvalue weighted by Crippen LogP contribution is 2.33. The number of nitro groups is 1. The maximum Gasteiger partial charge on any atom is 0.341 e. The fourth-order valence-electron chi connectivity index (χ4n) is 1.92. The molecule has 0 atom stereocenters. The molecule has 2 aromatic rings. The summed E-state index contributed by atoms with van der Waals surface area (Å²) in [5.41, 5.74) is 1.55. The van der Waals surface area contributed by atoms with Gasteiger partial charge >= 0.3 is 6.01 Å². The van der Waals surface area contributed by atoms with Crippen molar-refractivity contribution in [2.45, 2.75) is 26.7 Å². The van der Waals surface area contributed by atoms with Gasteiger partial charge in [-0.25, -0.2) is 0 Å². The summed E-state index contributed by atoms with van der Waals surface area (Å²) in [4.78, 5) is 14.6.